The van der Waals surface area contributed by atoms with E-state index in [2.05, 4.69) is 15.2 Å². The number of nitrogens with one attached hydrogen (secondary N) is 1. The first kappa shape index (κ1) is 22.5. The molecule has 1 aromatic heterocycles. The number of rotatable bonds is 5. The van der Waals surface area contributed by atoms with Gasteiger partial charge in [0.05, 0.1) is 18.8 Å². The third kappa shape index (κ3) is 5.20. The topological polar surface area (TPSA) is 71.5 Å². The number of hydrogen-bond acceptors (Lipinski definition) is 5. The number of nitrogens with zero attached hydrogens (tertiary/aromatic N) is 2. The van der Waals surface area contributed by atoms with Crippen LogP contribution in [0.4, 0.5) is 24.7 Å². The molecule has 0 bridgehead atoms. The first-order chi connectivity index (χ1) is 15.8. The summed E-state index contributed by atoms with van der Waals surface area (Å²) in [4.78, 5) is 30.9. The molecule has 33 heavy (non-hydrogen) atoms. The molecule has 0 spiro atoms. The third-order valence-corrected chi connectivity index (χ3v) is 5.28. The SMILES string of the molecule is O=Cc1ccc(C(=O)Nc2cccc(C(F)(F)F)c2)cc1-c1ccnc(N2CCOCC2)c1. The molecule has 9 heteroatoms. The van der Waals surface area contributed by atoms with Gasteiger partial charge in [-0.1, -0.05) is 12.1 Å². The van der Waals surface area contributed by atoms with Gasteiger partial charge in [-0.2, -0.15) is 13.2 Å². The Kier molecular flexibility index (Phi) is 6.41. The molecule has 1 N–H and O–H groups in total. The predicted octanol–water partition coefficient (Wildman–Crippen LogP) is 4.67. The van der Waals surface area contributed by atoms with Crippen LogP contribution in [-0.2, 0) is 10.9 Å². The maximum absolute atomic E-state index is 13.0. The molecular formula is C24H20F3N3O3. The van der Waals surface area contributed by atoms with Crippen LogP contribution in [0.3, 0.4) is 0 Å². The van der Waals surface area contributed by atoms with Crippen molar-refractivity contribution < 1.29 is 27.5 Å². The number of amides is 1. The summed E-state index contributed by atoms with van der Waals surface area (Å²) in [6.45, 7) is 2.57. The van der Waals surface area contributed by atoms with Gasteiger partial charge in [0.2, 0.25) is 0 Å². The van der Waals surface area contributed by atoms with Gasteiger partial charge in [-0.3, -0.25) is 9.59 Å². The first-order valence-corrected chi connectivity index (χ1v) is 10.2. The average molecular weight is 455 g/mol. The zero-order valence-corrected chi connectivity index (χ0v) is 17.4. The number of morpholine rings is 1. The molecule has 1 aliphatic rings. The van der Waals surface area contributed by atoms with E-state index >= 15 is 0 Å². The molecule has 0 saturated carbocycles. The normalized spacial score (nSPS) is 14.1. The number of anilines is 2. The number of pyridine rings is 1. The third-order valence-electron chi connectivity index (χ3n) is 5.28. The number of aromatic nitrogens is 1. The van der Waals surface area contributed by atoms with Gasteiger partial charge in [0.1, 0.15) is 5.82 Å². The van der Waals surface area contributed by atoms with E-state index in [4.69, 9.17) is 4.74 Å². The molecule has 1 aliphatic heterocycles. The largest absolute Gasteiger partial charge is 0.416 e. The minimum absolute atomic E-state index is 0.0225. The van der Waals surface area contributed by atoms with Crippen molar-refractivity contribution in [1.82, 2.24) is 4.98 Å². The molecule has 170 valence electrons. The summed E-state index contributed by atoms with van der Waals surface area (Å²) in [5.74, 6) is 0.141. The summed E-state index contributed by atoms with van der Waals surface area (Å²) >= 11 is 0. The molecule has 0 unspecified atom stereocenters. The Morgan fingerprint density at radius 1 is 1.06 bits per heavy atom. The van der Waals surface area contributed by atoms with Crippen LogP contribution in [0.25, 0.3) is 11.1 Å². The smallest absolute Gasteiger partial charge is 0.378 e. The second-order valence-electron chi connectivity index (χ2n) is 7.45. The second-order valence-corrected chi connectivity index (χ2v) is 7.45. The molecule has 0 atom stereocenters. The number of hydrogen-bond donors (Lipinski definition) is 1. The van der Waals surface area contributed by atoms with Crippen molar-refractivity contribution in [3.63, 3.8) is 0 Å². The van der Waals surface area contributed by atoms with E-state index in [0.29, 0.717) is 49.3 Å². The van der Waals surface area contributed by atoms with E-state index in [1.54, 1.807) is 18.3 Å². The van der Waals surface area contributed by atoms with E-state index in [1.165, 1.54) is 24.3 Å². The average Bonchev–Trinajstić information content (AvgIpc) is 2.84. The summed E-state index contributed by atoms with van der Waals surface area (Å²) in [6.07, 6.45) is -2.19. The molecule has 2 heterocycles. The highest BCUT2D eigenvalue weighted by Gasteiger charge is 2.30. The minimum Gasteiger partial charge on any atom is -0.378 e. The van der Waals surface area contributed by atoms with E-state index in [-0.39, 0.29) is 11.3 Å². The van der Waals surface area contributed by atoms with Crippen molar-refractivity contribution in [2.45, 2.75) is 6.18 Å². The van der Waals surface area contributed by atoms with Crippen LogP contribution in [0.15, 0.2) is 60.8 Å². The Morgan fingerprint density at radius 2 is 1.85 bits per heavy atom. The van der Waals surface area contributed by atoms with Crippen LogP contribution in [-0.4, -0.2) is 43.5 Å². The molecule has 4 rings (SSSR count). The fourth-order valence-electron chi connectivity index (χ4n) is 3.58. The summed E-state index contributed by atoms with van der Waals surface area (Å²) in [5, 5.41) is 2.49. The Labute approximate surface area is 188 Å². The van der Waals surface area contributed by atoms with Crippen LogP contribution in [0, 0.1) is 0 Å². The Balaban J connectivity index is 1.62. The van der Waals surface area contributed by atoms with Crippen LogP contribution >= 0.6 is 0 Å². The lowest BCUT2D eigenvalue weighted by Gasteiger charge is -2.28. The number of ether oxygens (including phenoxy) is 1. The predicted molar refractivity (Wildman–Crippen MR) is 117 cm³/mol. The monoisotopic (exact) mass is 455 g/mol. The van der Waals surface area contributed by atoms with E-state index in [9.17, 15) is 22.8 Å². The number of halogens is 3. The molecule has 6 nitrogen and oxygen atoms in total. The lowest BCUT2D eigenvalue weighted by atomic mass is 9.98. The molecule has 1 saturated heterocycles. The standard InChI is InChI=1S/C24H20F3N3O3/c25-24(26,27)19-2-1-3-20(14-19)29-23(32)17-4-5-18(15-31)21(12-17)16-6-7-28-22(13-16)30-8-10-33-11-9-30/h1-7,12-15H,8-11H2,(H,29,32). The maximum Gasteiger partial charge on any atom is 0.416 e. The van der Waals surface area contributed by atoms with Crippen LogP contribution in [0.5, 0.6) is 0 Å². The van der Waals surface area contributed by atoms with E-state index < -0.39 is 17.6 Å². The maximum atomic E-state index is 13.0. The van der Waals surface area contributed by atoms with Gasteiger partial charge in [0.25, 0.3) is 5.91 Å². The fourth-order valence-corrected chi connectivity index (χ4v) is 3.58. The van der Waals surface area contributed by atoms with Gasteiger partial charge < -0.3 is 15.0 Å². The van der Waals surface area contributed by atoms with Crippen molar-refractivity contribution in [3.8, 4) is 11.1 Å². The van der Waals surface area contributed by atoms with Gasteiger partial charge >= 0.3 is 6.18 Å². The summed E-state index contributed by atoms with van der Waals surface area (Å²) in [5.41, 5.74) is 0.975. The van der Waals surface area contributed by atoms with E-state index in [0.717, 1.165) is 18.0 Å². The highest BCUT2D eigenvalue weighted by atomic mass is 19.4. The quantitative estimate of drug-likeness (QED) is 0.567. The molecule has 1 amide bonds. The second kappa shape index (κ2) is 9.41. The Morgan fingerprint density at radius 3 is 2.58 bits per heavy atom. The van der Waals surface area contributed by atoms with Crippen LogP contribution < -0.4 is 10.2 Å². The van der Waals surface area contributed by atoms with Crippen LogP contribution in [0.1, 0.15) is 26.3 Å². The fraction of sp³-hybridized carbons (Fsp3) is 0.208. The first-order valence-electron chi connectivity index (χ1n) is 10.2. The lowest BCUT2D eigenvalue weighted by Crippen LogP contribution is -2.36. The molecule has 0 aliphatic carbocycles. The van der Waals surface area contributed by atoms with Gasteiger partial charge in [-0.15, -0.1) is 0 Å². The van der Waals surface area contributed by atoms with Crippen molar-refractivity contribution in [2.24, 2.45) is 0 Å². The number of aldehydes is 1. The zero-order valence-electron chi connectivity index (χ0n) is 17.4. The summed E-state index contributed by atoms with van der Waals surface area (Å²) in [6, 6.07) is 12.5. The number of benzene rings is 2. The summed E-state index contributed by atoms with van der Waals surface area (Å²) < 4.78 is 44.2. The van der Waals surface area contributed by atoms with Gasteiger partial charge in [0.15, 0.2) is 6.29 Å². The molecule has 2 aromatic carbocycles. The lowest BCUT2D eigenvalue weighted by molar-refractivity contribution is -0.137. The van der Waals surface area contributed by atoms with Crippen molar-refractivity contribution in [2.75, 3.05) is 36.5 Å². The molecular weight excluding hydrogens is 435 g/mol. The molecule has 1 fully saturated rings. The van der Waals surface area contributed by atoms with Crippen molar-refractivity contribution in [3.05, 3.63) is 77.5 Å². The van der Waals surface area contributed by atoms with Gasteiger partial charge in [0, 0.05) is 36.1 Å². The molecule has 3 aromatic rings. The number of alkyl halides is 3. The van der Waals surface area contributed by atoms with Crippen molar-refractivity contribution >= 4 is 23.7 Å². The van der Waals surface area contributed by atoms with Crippen molar-refractivity contribution in [1.29, 1.82) is 0 Å². The highest BCUT2D eigenvalue weighted by Crippen LogP contribution is 2.31. The number of carbonyl (C=O) groups excluding carboxylic acids is 2. The zero-order chi connectivity index (χ0) is 23.4. The van der Waals surface area contributed by atoms with Crippen LogP contribution in [0.2, 0.25) is 0 Å². The Bertz CT molecular complexity index is 1170. The minimum atomic E-state index is -4.51. The van der Waals surface area contributed by atoms with Gasteiger partial charge in [-0.25, -0.2) is 4.98 Å². The van der Waals surface area contributed by atoms with Gasteiger partial charge in [-0.05, 0) is 53.6 Å². The highest BCUT2D eigenvalue weighted by molar-refractivity contribution is 6.06. The number of carbonyl (C=O) groups is 2. The summed E-state index contributed by atoms with van der Waals surface area (Å²) in [7, 11) is 0. The Hall–Kier alpha value is -3.72. The van der Waals surface area contributed by atoms with E-state index in [1.807, 2.05) is 6.07 Å². The molecule has 0 radical (unpaired) electrons.